The Morgan fingerprint density at radius 1 is 1.12 bits per heavy atom. The third-order valence-electron chi connectivity index (χ3n) is 4.10. The summed E-state index contributed by atoms with van der Waals surface area (Å²) in [6.07, 6.45) is 5.76. The highest BCUT2D eigenvalue weighted by Crippen LogP contribution is 2.40. The minimum absolute atomic E-state index is 0.000602. The molecule has 2 N–H and O–H groups in total. The smallest absolute Gasteiger partial charge is 0.0207 e. The van der Waals surface area contributed by atoms with E-state index in [1.807, 2.05) is 0 Å². The Morgan fingerprint density at radius 2 is 1.71 bits per heavy atom. The third-order valence-corrected chi connectivity index (χ3v) is 4.87. The van der Waals surface area contributed by atoms with Crippen molar-refractivity contribution < 1.29 is 0 Å². The molecule has 0 radical (unpaired) electrons. The number of hydrogen-bond donors (Lipinski definition) is 1. The lowest BCUT2D eigenvalue weighted by molar-refractivity contribution is 0.164. The van der Waals surface area contributed by atoms with Crippen LogP contribution >= 0.6 is 15.9 Å². The van der Waals surface area contributed by atoms with Crippen LogP contribution in [0, 0.1) is 5.41 Å². The molecule has 2 heteroatoms. The average Bonchev–Trinajstić information content (AvgIpc) is 2.27. The molecule has 94 valence electrons. The van der Waals surface area contributed by atoms with Gasteiger partial charge in [0.1, 0.15) is 0 Å². The van der Waals surface area contributed by atoms with Crippen molar-refractivity contribution >= 4 is 15.9 Å². The largest absolute Gasteiger partial charge is 0.325 e. The zero-order valence-electron chi connectivity index (χ0n) is 10.8. The summed E-state index contributed by atoms with van der Waals surface area (Å²) in [5.41, 5.74) is 8.38. The van der Waals surface area contributed by atoms with E-state index in [1.54, 1.807) is 0 Å². The number of nitrogens with two attached hydrogens (primary N) is 1. The van der Waals surface area contributed by atoms with Gasteiger partial charge in [-0.05, 0) is 49.1 Å². The highest BCUT2D eigenvalue weighted by atomic mass is 79.9. The van der Waals surface area contributed by atoms with E-state index in [1.165, 1.54) is 22.9 Å². The van der Waals surface area contributed by atoms with Crippen molar-refractivity contribution in [2.45, 2.75) is 51.5 Å². The normalized spacial score (nSPS) is 22.4. The summed E-state index contributed by atoms with van der Waals surface area (Å²) < 4.78 is 1.19. The zero-order valence-corrected chi connectivity index (χ0v) is 12.4. The summed E-state index contributed by atoms with van der Waals surface area (Å²) in [4.78, 5) is 0. The van der Waals surface area contributed by atoms with Gasteiger partial charge >= 0.3 is 0 Å². The van der Waals surface area contributed by atoms with Crippen LogP contribution in [-0.4, -0.2) is 5.54 Å². The summed E-state index contributed by atoms with van der Waals surface area (Å²) in [6, 6.07) is 8.43. The molecule has 0 saturated heterocycles. The first-order chi connectivity index (χ1) is 7.90. The molecule has 0 heterocycles. The minimum atomic E-state index is -0.000602. The van der Waals surface area contributed by atoms with Crippen LogP contribution in [0.15, 0.2) is 28.7 Å². The standard InChI is InChI=1S/C15H22BrN/c1-14(2)7-9-15(17,10-8-14)11-12-5-3-4-6-13(12)16/h3-6H,7-11,17H2,1-2H3. The van der Waals surface area contributed by atoms with Gasteiger partial charge in [0.05, 0.1) is 0 Å². The molecular formula is C15H22BrN. The Hall–Kier alpha value is -0.340. The predicted molar refractivity (Wildman–Crippen MR) is 77.0 cm³/mol. The van der Waals surface area contributed by atoms with Gasteiger partial charge in [0.2, 0.25) is 0 Å². The monoisotopic (exact) mass is 295 g/mol. The fourth-order valence-electron chi connectivity index (χ4n) is 2.62. The van der Waals surface area contributed by atoms with Gasteiger partial charge in [0.15, 0.2) is 0 Å². The number of hydrogen-bond acceptors (Lipinski definition) is 1. The van der Waals surface area contributed by atoms with Crippen LogP contribution in [0.3, 0.4) is 0 Å². The first-order valence-electron chi connectivity index (χ1n) is 6.43. The van der Waals surface area contributed by atoms with Gasteiger partial charge in [0, 0.05) is 10.0 Å². The molecule has 1 saturated carbocycles. The van der Waals surface area contributed by atoms with Crippen molar-refractivity contribution in [2.75, 3.05) is 0 Å². The maximum Gasteiger partial charge on any atom is 0.0207 e. The lowest BCUT2D eigenvalue weighted by atomic mass is 9.68. The van der Waals surface area contributed by atoms with Crippen LogP contribution in [0.2, 0.25) is 0 Å². The Morgan fingerprint density at radius 3 is 2.29 bits per heavy atom. The fourth-order valence-corrected chi connectivity index (χ4v) is 3.05. The van der Waals surface area contributed by atoms with Gasteiger partial charge in [-0.2, -0.15) is 0 Å². The molecule has 0 spiro atoms. The molecule has 1 aliphatic carbocycles. The van der Waals surface area contributed by atoms with E-state index < -0.39 is 0 Å². The van der Waals surface area contributed by atoms with Crippen LogP contribution in [-0.2, 0) is 6.42 Å². The molecule has 0 aromatic heterocycles. The molecule has 1 nitrogen and oxygen atoms in total. The average molecular weight is 296 g/mol. The molecule has 1 fully saturated rings. The molecule has 0 aliphatic heterocycles. The molecule has 1 aliphatic rings. The van der Waals surface area contributed by atoms with Gasteiger partial charge in [-0.15, -0.1) is 0 Å². The topological polar surface area (TPSA) is 26.0 Å². The van der Waals surface area contributed by atoms with E-state index in [0.29, 0.717) is 5.41 Å². The van der Waals surface area contributed by atoms with E-state index >= 15 is 0 Å². The summed E-state index contributed by atoms with van der Waals surface area (Å²) in [5.74, 6) is 0. The van der Waals surface area contributed by atoms with Crippen molar-refractivity contribution in [1.82, 2.24) is 0 Å². The van der Waals surface area contributed by atoms with E-state index in [4.69, 9.17) is 5.73 Å². The maximum atomic E-state index is 6.56. The van der Waals surface area contributed by atoms with Crippen LogP contribution in [0.5, 0.6) is 0 Å². The van der Waals surface area contributed by atoms with Crippen LogP contribution in [0.1, 0.15) is 45.1 Å². The van der Waals surface area contributed by atoms with Crippen LogP contribution in [0.4, 0.5) is 0 Å². The van der Waals surface area contributed by atoms with Crippen molar-refractivity contribution in [3.63, 3.8) is 0 Å². The highest BCUT2D eigenvalue weighted by Gasteiger charge is 2.35. The molecule has 0 amide bonds. The molecule has 0 unspecified atom stereocenters. The Bertz CT molecular complexity index is 388. The lowest BCUT2D eigenvalue weighted by Gasteiger charge is -2.41. The molecule has 2 rings (SSSR count). The number of halogens is 1. The maximum absolute atomic E-state index is 6.56. The van der Waals surface area contributed by atoms with Crippen molar-refractivity contribution in [2.24, 2.45) is 11.1 Å². The second kappa shape index (κ2) is 4.74. The first kappa shape index (κ1) is 13.1. The van der Waals surface area contributed by atoms with Crippen LogP contribution in [0.25, 0.3) is 0 Å². The van der Waals surface area contributed by atoms with Gasteiger partial charge < -0.3 is 5.73 Å². The van der Waals surface area contributed by atoms with E-state index in [-0.39, 0.29) is 5.54 Å². The van der Waals surface area contributed by atoms with Crippen molar-refractivity contribution in [3.8, 4) is 0 Å². The second-order valence-corrected chi connectivity index (χ2v) is 7.15. The molecule has 1 aromatic carbocycles. The van der Waals surface area contributed by atoms with Crippen molar-refractivity contribution in [3.05, 3.63) is 34.3 Å². The van der Waals surface area contributed by atoms with Gasteiger partial charge in [-0.3, -0.25) is 0 Å². The van der Waals surface area contributed by atoms with E-state index in [0.717, 1.165) is 19.3 Å². The number of benzene rings is 1. The number of rotatable bonds is 2. The molecule has 1 aromatic rings. The summed E-state index contributed by atoms with van der Waals surface area (Å²) >= 11 is 3.61. The van der Waals surface area contributed by atoms with E-state index in [9.17, 15) is 0 Å². The lowest BCUT2D eigenvalue weighted by Crippen LogP contribution is -2.46. The Balaban J connectivity index is 2.07. The first-order valence-corrected chi connectivity index (χ1v) is 7.22. The molecule has 0 bridgehead atoms. The quantitative estimate of drug-likeness (QED) is 0.865. The summed E-state index contributed by atoms with van der Waals surface area (Å²) in [7, 11) is 0. The van der Waals surface area contributed by atoms with Crippen molar-refractivity contribution in [1.29, 1.82) is 0 Å². The van der Waals surface area contributed by atoms with Crippen LogP contribution < -0.4 is 5.73 Å². The fraction of sp³-hybridized carbons (Fsp3) is 0.600. The second-order valence-electron chi connectivity index (χ2n) is 6.29. The summed E-state index contributed by atoms with van der Waals surface area (Å²) in [6.45, 7) is 4.70. The van der Waals surface area contributed by atoms with E-state index in [2.05, 4.69) is 54.0 Å². The zero-order chi connectivity index (χ0) is 12.5. The van der Waals surface area contributed by atoms with Gasteiger partial charge in [0.25, 0.3) is 0 Å². The highest BCUT2D eigenvalue weighted by molar-refractivity contribution is 9.10. The Labute approximate surface area is 113 Å². The summed E-state index contributed by atoms with van der Waals surface area (Å²) in [5, 5.41) is 0. The molecular weight excluding hydrogens is 274 g/mol. The van der Waals surface area contributed by atoms with Gasteiger partial charge in [-0.1, -0.05) is 48.0 Å². The Kier molecular flexibility index (Phi) is 3.65. The molecule has 17 heavy (non-hydrogen) atoms. The molecule has 0 atom stereocenters. The predicted octanol–water partition coefficient (Wildman–Crippen LogP) is 4.29. The minimum Gasteiger partial charge on any atom is -0.325 e. The van der Waals surface area contributed by atoms with Gasteiger partial charge in [-0.25, -0.2) is 0 Å². The third kappa shape index (κ3) is 3.32. The SMILES string of the molecule is CC1(C)CCC(N)(Cc2ccccc2Br)CC1.